The van der Waals surface area contributed by atoms with Crippen LogP contribution in [0.15, 0.2) is 18.2 Å². The van der Waals surface area contributed by atoms with Crippen molar-refractivity contribution in [1.29, 1.82) is 0 Å². The van der Waals surface area contributed by atoms with E-state index in [1.807, 2.05) is 0 Å². The summed E-state index contributed by atoms with van der Waals surface area (Å²) in [4.78, 5) is 11.6. The fraction of sp³-hybridized carbons (Fsp3) is 0.250. The second-order valence-electron chi connectivity index (χ2n) is 3.30. The van der Waals surface area contributed by atoms with Gasteiger partial charge in [-0.1, -0.05) is 11.6 Å². The lowest BCUT2D eigenvalue weighted by Gasteiger charge is -2.05. The zero-order valence-electron chi connectivity index (χ0n) is 8.79. The van der Waals surface area contributed by atoms with Gasteiger partial charge >= 0.3 is 0 Å². The Morgan fingerprint density at radius 3 is 2.94 bits per heavy atom. The first-order chi connectivity index (χ1) is 7.65. The number of rotatable bonds is 4. The molecule has 0 bridgehead atoms. The van der Waals surface area contributed by atoms with E-state index in [-0.39, 0.29) is 5.91 Å². The van der Waals surface area contributed by atoms with E-state index in [4.69, 9.17) is 23.8 Å². The molecule has 3 N–H and O–H groups in total. The van der Waals surface area contributed by atoms with E-state index >= 15 is 0 Å². The normalized spacial score (nSPS) is 9.50. The number of hydrogen-bond donors (Lipinski definition) is 2. The molecule has 0 spiro atoms. The molecule has 0 unspecified atom stereocenters. The van der Waals surface area contributed by atoms with Gasteiger partial charge in [-0.25, -0.2) is 0 Å². The Balaban J connectivity index is 2.53. The molecule has 0 aliphatic rings. The van der Waals surface area contributed by atoms with Crippen LogP contribution in [-0.2, 0) is 0 Å². The molecule has 0 aliphatic heterocycles. The SMILES string of the molecule is C#CCCCNC(=O)c1ccc(N)c(Cl)c1. The summed E-state index contributed by atoms with van der Waals surface area (Å²) in [6, 6.07) is 4.80. The third kappa shape index (κ3) is 3.48. The lowest BCUT2D eigenvalue weighted by Crippen LogP contribution is -2.24. The van der Waals surface area contributed by atoms with Gasteiger partial charge < -0.3 is 11.1 Å². The average molecular weight is 237 g/mol. The van der Waals surface area contributed by atoms with E-state index in [0.717, 1.165) is 6.42 Å². The van der Waals surface area contributed by atoms with Crippen molar-refractivity contribution in [2.45, 2.75) is 12.8 Å². The molecule has 0 aromatic heterocycles. The number of carbonyl (C=O) groups excluding carboxylic acids is 1. The molecular formula is C12H13ClN2O. The summed E-state index contributed by atoms with van der Waals surface area (Å²) in [7, 11) is 0. The Labute approximate surface area is 100.0 Å². The maximum Gasteiger partial charge on any atom is 0.251 e. The standard InChI is InChI=1S/C12H13ClN2O/c1-2-3-4-7-15-12(16)9-5-6-11(14)10(13)8-9/h1,5-6,8H,3-4,7,14H2,(H,15,16). The predicted molar refractivity (Wildman–Crippen MR) is 66.3 cm³/mol. The Kier molecular flexibility index (Phi) is 4.68. The summed E-state index contributed by atoms with van der Waals surface area (Å²) < 4.78 is 0. The number of anilines is 1. The molecule has 0 saturated carbocycles. The maximum atomic E-state index is 11.6. The van der Waals surface area contributed by atoms with Crippen molar-refractivity contribution in [3.8, 4) is 12.3 Å². The van der Waals surface area contributed by atoms with E-state index in [2.05, 4.69) is 11.2 Å². The summed E-state index contributed by atoms with van der Waals surface area (Å²) in [5.74, 6) is 2.34. The summed E-state index contributed by atoms with van der Waals surface area (Å²) in [6.45, 7) is 0.561. The van der Waals surface area contributed by atoms with Gasteiger partial charge in [-0.3, -0.25) is 4.79 Å². The minimum atomic E-state index is -0.168. The smallest absolute Gasteiger partial charge is 0.251 e. The topological polar surface area (TPSA) is 55.1 Å². The highest BCUT2D eigenvalue weighted by Gasteiger charge is 2.06. The zero-order chi connectivity index (χ0) is 12.0. The summed E-state index contributed by atoms with van der Waals surface area (Å²) >= 11 is 5.81. The van der Waals surface area contributed by atoms with Crippen molar-refractivity contribution in [2.75, 3.05) is 12.3 Å². The third-order valence-corrected chi connectivity index (χ3v) is 2.37. The van der Waals surface area contributed by atoms with Crippen molar-refractivity contribution in [3.63, 3.8) is 0 Å². The van der Waals surface area contributed by atoms with Gasteiger partial charge in [-0.15, -0.1) is 12.3 Å². The molecule has 0 heterocycles. The van der Waals surface area contributed by atoms with Crippen LogP contribution in [0, 0.1) is 12.3 Å². The van der Waals surface area contributed by atoms with Crippen molar-refractivity contribution >= 4 is 23.2 Å². The first kappa shape index (κ1) is 12.4. The molecule has 16 heavy (non-hydrogen) atoms. The van der Waals surface area contributed by atoms with Crippen molar-refractivity contribution in [3.05, 3.63) is 28.8 Å². The number of nitrogen functional groups attached to an aromatic ring is 1. The Morgan fingerprint density at radius 1 is 1.56 bits per heavy atom. The lowest BCUT2D eigenvalue weighted by atomic mass is 10.2. The van der Waals surface area contributed by atoms with E-state index in [0.29, 0.717) is 29.2 Å². The number of nitrogens with one attached hydrogen (secondary N) is 1. The van der Waals surface area contributed by atoms with Gasteiger partial charge in [0.05, 0.1) is 10.7 Å². The van der Waals surface area contributed by atoms with Gasteiger partial charge in [0, 0.05) is 18.5 Å². The zero-order valence-corrected chi connectivity index (χ0v) is 9.55. The van der Waals surface area contributed by atoms with Gasteiger partial charge in [-0.05, 0) is 24.6 Å². The summed E-state index contributed by atoms with van der Waals surface area (Å²) in [6.07, 6.45) is 6.52. The number of benzene rings is 1. The quantitative estimate of drug-likeness (QED) is 0.478. The molecule has 0 radical (unpaired) electrons. The number of carbonyl (C=O) groups is 1. The number of halogens is 1. The number of hydrogen-bond acceptors (Lipinski definition) is 2. The largest absolute Gasteiger partial charge is 0.398 e. The molecule has 0 aliphatic carbocycles. The van der Waals surface area contributed by atoms with E-state index in [1.54, 1.807) is 18.2 Å². The van der Waals surface area contributed by atoms with Crippen LogP contribution in [0.5, 0.6) is 0 Å². The van der Waals surface area contributed by atoms with Crippen LogP contribution in [0.2, 0.25) is 5.02 Å². The van der Waals surface area contributed by atoms with E-state index in [1.165, 1.54) is 0 Å². The van der Waals surface area contributed by atoms with Crippen LogP contribution in [0.3, 0.4) is 0 Å². The average Bonchev–Trinajstić information content (AvgIpc) is 2.28. The van der Waals surface area contributed by atoms with Gasteiger partial charge in [0.2, 0.25) is 0 Å². The Bertz CT molecular complexity index is 424. The van der Waals surface area contributed by atoms with Crippen LogP contribution in [-0.4, -0.2) is 12.5 Å². The number of amides is 1. The highest BCUT2D eigenvalue weighted by molar-refractivity contribution is 6.33. The van der Waals surface area contributed by atoms with Crippen molar-refractivity contribution in [1.82, 2.24) is 5.32 Å². The van der Waals surface area contributed by atoms with Crippen LogP contribution in [0.4, 0.5) is 5.69 Å². The molecule has 1 amide bonds. The van der Waals surface area contributed by atoms with E-state index in [9.17, 15) is 4.79 Å². The third-order valence-electron chi connectivity index (χ3n) is 2.05. The molecule has 1 rings (SSSR count). The van der Waals surface area contributed by atoms with Crippen LogP contribution in [0.1, 0.15) is 23.2 Å². The molecular weight excluding hydrogens is 224 g/mol. The fourth-order valence-corrected chi connectivity index (χ4v) is 1.34. The molecule has 1 aromatic carbocycles. The second kappa shape index (κ2) is 6.04. The molecule has 3 nitrogen and oxygen atoms in total. The highest BCUT2D eigenvalue weighted by atomic mass is 35.5. The Morgan fingerprint density at radius 2 is 2.31 bits per heavy atom. The van der Waals surface area contributed by atoms with Gasteiger partial charge in [0.1, 0.15) is 0 Å². The number of unbranched alkanes of at least 4 members (excludes halogenated alkanes) is 1. The molecule has 0 saturated heterocycles. The molecule has 0 fully saturated rings. The second-order valence-corrected chi connectivity index (χ2v) is 3.71. The molecule has 1 aromatic rings. The molecule has 0 atom stereocenters. The number of terminal acetylenes is 1. The lowest BCUT2D eigenvalue weighted by molar-refractivity contribution is 0.0953. The first-order valence-electron chi connectivity index (χ1n) is 4.92. The van der Waals surface area contributed by atoms with Gasteiger partial charge in [0.15, 0.2) is 0 Å². The Hall–Kier alpha value is -1.66. The van der Waals surface area contributed by atoms with Crippen LogP contribution < -0.4 is 11.1 Å². The molecule has 4 heteroatoms. The maximum absolute atomic E-state index is 11.6. The first-order valence-corrected chi connectivity index (χ1v) is 5.29. The fourth-order valence-electron chi connectivity index (χ4n) is 1.16. The summed E-state index contributed by atoms with van der Waals surface area (Å²) in [5.41, 5.74) is 6.51. The van der Waals surface area contributed by atoms with Gasteiger partial charge in [0.25, 0.3) is 5.91 Å². The van der Waals surface area contributed by atoms with Crippen molar-refractivity contribution in [2.24, 2.45) is 0 Å². The number of nitrogens with two attached hydrogens (primary N) is 1. The predicted octanol–water partition coefficient (Wildman–Crippen LogP) is 2.07. The minimum Gasteiger partial charge on any atom is -0.398 e. The van der Waals surface area contributed by atoms with Gasteiger partial charge in [-0.2, -0.15) is 0 Å². The van der Waals surface area contributed by atoms with Crippen molar-refractivity contribution < 1.29 is 4.79 Å². The monoisotopic (exact) mass is 236 g/mol. The summed E-state index contributed by atoms with van der Waals surface area (Å²) in [5, 5.41) is 3.13. The molecule has 84 valence electrons. The van der Waals surface area contributed by atoms with Crippen LogP contribution in [0.25, 0.3) is 0 Å². The highest BCUT2D eigenvalue weighted by Crippen LogP contribution is 2.19. The van der Waals surface area contributed by atoms with E-state index < -0.39 is 0 Å². The van der Waals surface area contributed by atoms with Crippen LogP contribution >= 0.6 is 11.6 Å². The minimum absolute atomic E-state index is 0.168.